The summed E-state index contributed by atoms with van der Waals surface area (Å²) in [5, 5.41) is 3.02. The number of para-hydroxylation sites is 1. The Bertz CT molecular complexity index is 1850. The highest BCUT2D eigenvalue weighted by Crippen LogP contribution is 2.41. The SMILES string of the molecule is COC(=O)Cc1ccc(OCCNC(=O)[C@@H]2Cc3ccccc3N2S(=O)(=O)c2ccc(-c3ccc(Cl)cc3)c(C(F)(F)F)c2)cc1. The molecule has 0 aromatic heterocycles. The third kappa shape index (κ3) is 7.13. The molecule has 0 aliphatic carbocycles. The van der Waals surface area contributed by atoms with E-state index in [-0.39, 0.29) is 48.8 Å². The molecule has 0 radical (unpaired) electrons. The van der Waals surface area contributed by atoms with Crippen LogP contribution in [-0.4, -0.2) is 46.6 Å². The lowest BCUT2D eigenvalue weighted by molar-refractivity contribution is -0.140. The smallest absolute Gasteiger partial charge is 0.417 e. The second kappa shape index (κ2) is 13.4. The number of nitrogens with one attached hydrogen (secondary N) is 1. The van der Waals surface area contributed by atoms with Crippen LogP contribution in [0.2, 0.25) is 5.02 Å². The summed E-state index contributed by atoms with van der Waals surface area (Å²) in [6.07, 6.45) is -4.74. The van der Waals surface area contributed by atoms with Gasteiger partial charge in [-0.1, -0.05) is 60.1 Å². The molecule has 0 spiro atoms. The van der Waals surface area contributed by atoms with Crippen molar-refractivity contribution in [2.75, 3.05) is 24.6 Å². The number of esters is 1. The number of anilines is 1. The summed E-state index contributed by atoms with van der Waals surface area (Å²) < 4.78 is 82.0. The number of halogens is 4. The zero-order valence-corrected chi connectivity index (χ0v) is 26.0. The molecule has 1 amide bonds. The fourth-order valence-corrected chi connectivity index (χ4v) is 6.97. The number of hydrogen-bond donors (Lipinski definition) is 1. The molecule has 46 heavy (non-hydrogen) atoms. The van der Waals surface area contributed by atoms with Crippen molar-refractivity contribution in [3.63, 3.8) is 0 Å². The second-order valence-corrected chi connectivity index (χ2v) is 12.6. The molecule has 1 heterocycles. The van der Waals surface area contributed by atoms with Gasteiger partial charge >= 0.3 is 12.1 Å². The maximum Gasteiger partial charge on any atom is 0.417 e. The molecule has 4 aromatic carbocycles. The van der Waals surface area contributed by atoms with Crippen molar-refractivity contribution < 1.29 is 40.7 Å². The molecule has 4 aromatic rings. The average Bonchev–Trinajstić information content (AvgIpc) is 3.44. The van der Waals surface area contributed by atoms with E-state index in [0.717, 1.165) is 22.0 Å². The van der Waals surface area contributed by atoms with E-state index in [2.05, 4.69) is 10.1 Å². The number of fused-ring (bicyclic) bond motifs is 1. The number of rotatable bonds is 10. The van der Waals surface area contributed by atoms with Crippen LogP contribution in [0.1, 0.15) is 16.7 Å². The molecule has 0 unspecified atom stereocenters. The number of hydrogen-bond acceptors (Lipinski definition) is 6. The summed E-state index contributed by atoms with van der Waals surface area (Å²) in [4.78, 5) is 24.2. The second-order valence-electron chi connectivity index (χ2n) is 10.4. The summed E-state index contributed by atoms with van der Waals surface area (Å²) in [6.45, 7) is 0.0765. The van der Waals surface area contributed by atoms with Gasteiger partial charge in [-0.3, -0.25) is 13.9 Å². The minimum Gasteiger partial charge on any atom is -0.492 e. The molecule has 8 nitrogen and oxygen atoms in total. The van der Waals surface area contributed by atoms with E-state index in [9.17, 15) is 31.2 Å². The number of sulfonamides is 1. The van der Waals surface area contributed by atoms with Gasteiger partial charge in [-0.2, -0.15) is 13.2 Å². The number of carbonyl (C=O) groups is 2. The first-order chi connectivity index (χ1) is 21.9. The number of carbonyl (C=O) groups excluding carboxylic acids is 2. The zero-order valence-electron chi connectivity index (χ0n) is 24.4. The van der Waals surface area contributed by atoms with E-state index in [1.54, 1.807) is 42.5 Å². The molecular formula is C33H28ClF3N2O6S. The lowest BCUT2D eigenvalue weighted by Crippen LogP contribution is -2.48. The third-order valence-corrected chi connectivity index (χ3v) is 9.48. The maximum absolute atomic E-state index is 14.3. The number of benzene rings is 4. The summed E-state index contributed by atoms with van der Waals surface area (Å²) in [5.74, 6) is -0.522. The Balaban J connectivity index is 1.35. The van der Waals surface area contributed by atoms with Crippen LogP contribution in [0.15, 0.2) is 95.9 Å². The molecule has 0 saturated heterocycles. The van der Waals surface area contributed by atoms with Crippen molar-refractivity contribution in [3.05, 3.63) is 113 Å². The van der Waals surface area contributed by atoms with Gasteiger partial charge in [0.1, 0.15) is 18.4 Å². The average molecular weight is 673 g/mol. The van der Waals surface area contributed by atoms with E-state index in [1.165, 1.54) is 37.4 Å². The largest absolute Gasteiger partial charge is 0.492 e. The van der Waals surface area contributed by atoms with Crippen LogP contribution in [-0.2, 0) is 43.4 Å². The molecule has 1 atom stereocenters. The van der Waals surface area contributed by atoms with Gasteiger partial charge in [0.2, 0.25) is 5.91 Å². The number of ether oxygens (including phenoxy) is 2. The number of nitrogens with zero attached hydrogens (tertiary/aromatic N) is 1. The molecule has 5 rings (SSSR count). The minimum absolute atomic E-state index is 0.0253. The van der Waals surface area contributed by atoms with Gasteiger partial charge in [0, 0.05) is 11.4 Å². The number of amides is 1. The van der Waals surface area contributed by atoms with Gasteiger partial charge in [0.05, 0.1) is 36.2 Å². The topological polar surface area (TPSA) is 102 Å². The number of alkyl halides is 3. The van der Waals surface area contributed by atoms with Crippen molar-refractivity contribution in [2.45, 2.75) is 30.0 Å². The van der Waals surface area contributed by atoms with Crippen LogP contribution in [0.25, 0.3) is 11.1 Å². The van der Waals surface area contributed by atoms with Crippen molar-refractivity contribution in [1.29, 1.82) is 0 Å². The Kier molecular flexibility index (Phi) is 9.59. The van der Waals surface area contributed by atoms with E-state index in [4.69, 9.17) is 16.3 Å². The van der Waals surface area contributed by atoms with Crippen LogP contribution >= 0.6 is 11.6 Å². The van der Waals surface area contributed by atoms with E-state index >= 15 is 0 Å². The summed E-state index contributed by atoms with van der Waals surface area (Å²) in [6, 6.07) is 20.5. The fourth-order valence-electron chi connectivity index (χ4n) is 5.17. The quantitative estimate of drug-likeness (QED) is 0.163. The summed E-state index contributed by atoms with van der Waals surface area (Å²) in [5.41, 5.74) is 0.363. The first-order valence-electron chi connectivity index (χ1n) is 14.0. The molecule has 0 saturated carbocycles. The normalized spacial score (nSPS) is 14.5. The maximum atomic E-state index is 14.3. The molecule has 13 heteroatoms. The van der Waals surface area contributed by atoms with E-state index in [1.807, 2.05) is 0 Å². The predicted molar refractivity (Wildman–Crippen MR) is 166 cm³/mol. The van der Waals surface area contributed by atoms with Gasteiger partial charge in [0.25, 0.3) is 10.0 Å². The Morgan fingerprint density at radius 3 is 2.35 bits per heavy atom. The molecule has 240 valence electrons. The van der Waals surface area contributed by atoms with E-state index in [0.29, 0.717) is 22.4 Å². The van der Waals surface area contributed by atoms with Gasteiger partial charge in [0.15, 0.2) is 0 Å². The van der Waals surface area contributed by atoms with Crippen LogP contribution in [0.4, 0.5) is 18.9 Å². The summed E-state index contributed by atoms with van der Waals surface area (Å²) in [7, 11) is -3.33. The van der Waals surface area contributed by atoms with Crippen LogP contribution in [0.5, 0.6) is 5.75 Å². The van der Waals surface area contributed by atoms with E-state index < -0.39 is 38.6 Å². The zero-order chi connectivity index (χ0) is 33.1. The molecular weight excluding hydrogens is 645 g/mol. The van der Waals surface area contributed by atoms with Crippen molar-refractivity contribution >= 4 is 39.2 Å². The third-order valence-electron chi connectivity index (χ3n) is 7.41. The Hall–Kier alpha value is -4.55. The van der Waals surface area contributed by atoms with Crippen LogP contribution in [0.3, 0.4) is 0 Å². The first-order valence-corrected chi connectivity index (χ1v) is 15.9. The predicted octanol–water partition coefficient (Wildman–Crippen LogP) is 6.06. The van der Waals surface area contributed by atoms with Crippen LogP contribution in [0, 0.1) is 0 Å². The standard InChI is InChI=1S/C33H28ClF3N2O6S/c1-44-31(40)18-21-6-12-25(13-7-21)45-17-16-38-32(41)30-19-23-4-2-3-5-29(23)39(30)46(42,43)26-14-15-27(28(20-26)33(35,36)37)22-8-10-24(34)11-9-22/h2-15,20,30H,16-19H2,1H3,(H,38,41)/t30-/m0/s1. The molecule has 1 aliphatic heterocycles. The Morgan fingerprint density at radius 1 is 0.978 bits per heavy atom. The fraction of sp³-hybridized carbons (Fsp3) is 0.212. The lowest BCUT2D eigenvalue weighted by atomic mass is 9.99. The van der Waals surface area contributed by atoms with Gasteiger partial charge in [-0.05, 0) is 64.7 Å². The first kappa shape index (κ1) is 32.8. The molecule has 0 bridgehead atoms. The van der Waals surface area contributed by atoms with Gasteiger partial charge in [-0.15, -0.1) is 0 Å². The Morgan fingerprint density at radius 2 is 1.67 bits per heavy atom. The highest BCUT2D eigenvalue weighted by atomic mass is 35.5. The van der Waals surface area contributed by atoms with Crippen molar-refractivity contribution in [3.8, 4) is 16.9 Å². The molecule has 0 fully saturated rings. The molecule has 1 N–H and O–H groups in total. The highest BCUT2D eigenvalue weighted by molar-refractivity contribution is 7.93. The van der Waals surface area contributed by atoms with Crippen molar-refractivity contribution in [2.24, 2.45) is 0 Å². The highest BCUT2D eigenvalue weighted by Gasteiger charge is 2.43. The Labute approximate surface area is 268 Å². The lowest BCUT2D eigenvalue weighted by Gasteiger charge is -2.27. The van der Waals surface area contributed by atoms with Crippen molar-refractivity contribution in [1.82, 2.24) is 5.32 Å². The number of methoxy groups -OCH3 is 1. The minimum atomic E-state index is -4.87. The van der Waals surface area contributed by atoms with Crippen LogP contribution < -0.4 is 14.4 Å². The van der Waals surface area contributed by atoms with Gasteiger partial charge in [-0.25, -0.2) is 8.42 Å². The molecule has 1 aliphatic rings. The van der Waals surface area contributed by atoms with Gasteiger partial charge < -0.3 is 14.8 Å². The summed E-state index contributed by atoms with van der Waals surface area (Å²) >= 11 is 5.90. The monoisotopic (exact) mass is 672 g/mol.